The van der Waals surface area contributed by atoms with E-state index < -0.39 is 0 Å². The number of hydrogen-bond donors (Lipinski definition) is 1. The van der Waals surface area contributed by atoms with Gasteiger partial charge in [0.15, 0.2) is 0 Å². The van der Waals surface area contributed by atoms with Gasteiger partial charge in [0.1, 0.15) is 0 Å². The monoisotopic (exact) mass is 249 g/mol. The lowest BCUT2D eigenvalue weighted by molar-refractivity contribution is -0.112. The molecule has 1 aliphatic rings. The van der Waals surface area contributed by atoms with Crippen molar-refractivity contribution in [1.82, 2.24) is 0 Å². The highest BCUT2D eigenvalue weighted by Crippen LogP contribution is 2.26. The Kier molecular flexibility index (Phi) is 4.38. The van der Waals surface area contributed by atoms with Gasteiger partial charge in [-0.25, -0.2) is 0 Å². The predicted octanol–water partition coefficient (Wildman–Crippen LogP) is 2.33. The number of nitrogens with two attached hydrogens (primary N) is 1. The van der Waals surface area contributed by atoms with Crippen molar-refractivity contribution in [2.45, 2.75) is 38.9 Å². The van der Waals surface area contributed by atoms with E-state index in [1.807, 2.05) is 0 Å². The molecule has 1 saturated heterocycles. The smallest absolute Gasteiger partial charge is 0.0852 e. The van der Waals surface area contributed by atoms with Gasteiger partial charge in [0.25, 0.3) is 0 Å². The van der Waals surface area contributed by atoms with Crippen molar-refractivity contribution in [3.05, 3.63) is 34.9 Å². The van der Waals surface area contributed by atoms with E-state index in [0.29, 0.717) is 13.2 Å². The van der Waals surface area contributed by atoms with Gasteiger partial charge < -0.3 is 15.2 Å². The van der Waals surface area contributed by atoms with Gasteiger partial charge in [-0.1, -0.05) is 18.2 Å². The minimum Gasteiger partial charge on any atom is -0.381 e. The third-order valence-electron chi connectivity index (χ3n) is 3.94. The van der Waals surface area contributed by atoms with Gasteiger partial charge >= 0.3 is 0 Å². The Morgan fingerprint density at radius 1 is 1.22 bits per heavy atom. The lowest BCUT2D eigenvalue weighted by Crippen LogP contribution is -2.45. The van der Waals surface area contributed by atoms with Crippen molar-refractivity contribution < 1.29 is 9.47 Å². The Bertz CT molecular complexity index is 377. The molecular weight excluding hydrogens is 226 g/mol. The van der Waals surface area contributed by atoms with E-state index in [2.05, 4.69) is 32.0 Å². The Labute approximate surface area is 109 Å². The number of hydrogen-bond acceptors (Lipinski definition) is 3. The summed E-state index contributed by atoms with van der Waals surface area (Å²) in [5, 5.41) is 0. The number of aryl methyl sites for hydroxylation is 2. The van der Waals surface area contributed by atoms with E-state index in [0.717, 1.165) is 26.1 Å². The second-order valence-electron chi connectivity index (χ2n) is 5.16. The van der Waals surface area contributed by atoms with Crippen molar-refractivity contribution in [2.75, 3.05) is 19.8 Å². The van der Waals surface area contributed by atoms with Crippen LogP contribution in [0, 0.1) is 13.8 Å². The van der Waals surface area contributed by atoms with Crippen LogP contribution in [0.25, 0.3) is 0 Å². The highest BCUT2D eigenvalue weighted by Gasteiger charge is 2.32. The van der Waals surface area contributed by atoms with E-state index >= 15 is 0 Å². The van der Waals surface area contributed by atoms with Crippen molar-refractivity contribution in [2.24, 2.45) is 5.73 Å². The van der Waals surface area contributed by atoms with Crippen molar-refractivity contribution in [3.8, 4) is 0 Å². The maximum atomic E-state index is 6.16. The van der Waals surface area contributed by atoms with Gasteiger partial charge in [0.2, 0.25) is 0 Å². The number of benzene rings is 1. The molecule has 1 aromatic rings. The SMILES string of the molecule is Cc1cccc(C)c1COC1(CN)CCOCC1. The fourth-order valence-corrected chi connectivity index (χ4v) is 2.45. The molecule has 100 valence electrons. The van der Waals surface area contributed by atoms with Gasteiger partial charge in [0.05, 0.1) is 12.2 Å². The summed E-state index contributed by atoms with van der Waals surface area (Å²) < 4.78 is 11.6. The molecule has 1 fully saturated rings. The molecular formula is C15H23NO2. The molecule has 0 unspecified atom stereocenters. The molecule has 0 saturated carbocycles. The summed E-state index contributed by atoms with van der Waals surface area (Å²) in [6, 6.07) is 6.34. The van der Waals surface area contributed by atoms with E-state index in [-0.39, 0.29) is 5.60 Å². The summed E-state index contributed by atoms with van der Waals surface area (Å²) in [6.07, 6.45) is 1.79. The van der Waals surface area contributed by atoms with Crippen LogP contribution in [-0.4, -0.2) is 25.4 Å². The molecule has 0 aliphatic carbocycles. The first-order valence-electron chi connectivity index (χ1n) is 6.64. The normalized spacial score (nSPS) is 18.8. The van der Waals surface area contributed by atoms with Gasteiger partial charge in [-0.2, -0.15) is 0 Å². The summed E-state index contributed by atoms with van der Waals surface area (Å²) in [6.45, 7) is 6.99. The maximum absolute atomic E-state index is 6.16. The van der Waals surface area contributed by atoms with Crippen molar-refractivity contribution in [1.29, 1.82) is 0 Å². The quantitative estimate of drug-likeness (QED) is 0.890. The molecule has 0 atom stereocenters. The van der Waals surface area contributed by atoms with Crippen LogP contribution in [0.5, 0.6) is 0 Å². The van der Waals surface area contributed by atoms with Gasteiger partial charge in [-0.05, 0) is 30.5 Å². The van der Waals surface area contributed by atoms with E-state index in [4.69, 9.17) is 15.2 Å². The molecule has 3 heteroatoms. The topological polar surface area (TPSA) is 44.5 Å². The van der Waals surface area contributed by atoms with E-state index in [1.54, 1.807) is 0 Å². The van der Waals surface area contributed by atoms with Crippen molar-refractivity contribution in [3.63, 3.8) is 0 Å². The van der Waals surface area contributed by atoms with Crippen LogP contribution in [-0.2, 0) is 16.1 Å². The zero-order chi connectivity index (χ0) is 13.0. The fourth-order valence-electron chi connectivity index (χ4n) is 2.45. The highest BCUT2D eigenvalue weighted by atomic mass is 16.5. The summed E-state index contributed by atoms with van der Waals surface area (Å²) in [4.78, 5) is 0. The van der Waals surface area contributed by atoms with Gasteiger partial charge in [0, 0.05) is 32.6 Å². The first-order valence-corrected chi connectivity index (χ1v) is 6.64. The lowest BCUT2D eigenvalue weighted by atomic mass is 9.94. The van der Waals surface area contributed by atoms with Crippen LogP contribution in [0.3, 0.4) is 0 Å². The predicted molar refractivity (Wildman–Crippen MR) is 72.5 cm³/mol. The molecule has 0 spiro atoms. The fraction of sp³-hybridized carbons (Fsp3) is 0.600. The molecule has 3 nitrogen and oxygen atoms in total. The van der Waals surface area contributed by atoms with Crippen molar-refractivity contribution >= 4 is 0 Å². The molecule has 0 aromatic heterocycles. The second kappa shape index (κ2) is 5.83. The summed E-state index contributed by atoms with van der Waals surface area (Å²) in [5.74, 6) is 0. The molecule has 0 amide bonds. The van der Waals surface area contributed by atoms with Crippen LogP contribution in [0.2, 0.25) is 0 Å². The molecule has 18 heavy (non-hydrogen) atoms. The largest absolute Gasteiger partial charge is 0.381 e. The summed E-state index contributed by atoms with van der Waals surface area (Å²) >= 11 is 0. The highest BCUT2D eigenvalue weighted by molar-refractivity contribution is 5.32. The first kappa shape index (κ1) is 13.5. The average molecular weight is 249 g/mol. The zero-order valence-electron chi connectivity index (χ0n) is 11.4. The Balaban J connectivity index is 2.05. The molecule has 2 N–H and O–H groups in total. The summed E-state index contributed by atoms with van der Waals surface area (Å²) in [7, 11) is 0. The minimum absolute atomic E-state index is 0.188. The molecule has 1 aromatic carbocycles. The van der Waals surface area contributed by atoms with Crippen LogP contribution < -0.4 is 5.73 Å². The Hall–Kier alpha value is -0.900. The number of rotatable bonds is 4. The third-order valence-corrected chi connectivity index (χ3v) is 3.94. The molecule has 2 rings (SSSR count). The minimum atomic E-state index is -0.188. The van der Waals surface area contributed by atoms with Crippen LogP contribution in [0.15, 0.2) is 18.2 Å². The van der Waals surface area contributed by atoms with E-state index in [9.17, 15) is 0 Å². The number of ether oxygens (including phenoxy) is 2. The third kappa shape index (κ3) is 2.91. The van der Waals surface area contributed by atoms with Gasteiger partial charge in [-0.15, -0.1) is 0 Å². The molecule has 0 bridgehead atoms. The second-order valence-corrected chi connectivity index (χ2v) is 5.16. The average Bonchev–Trinajstić information content (AvgIpc) is 2.39. The Morgan fingerprint density at radius 2 is 1.83 bits per heavy atom. The molecule has 1 aliphatic heterocycles. The van der Waals surface area contributed by atoms with Gasteiger partial charge in [-0.3, -0.25) is 0 Å². The zero-order valence-corrected chi connectivity index (χ0v) is 11.4. The van der Waals surface area contributed by atoms with Crippen LogP contribution in [0.4, 0.5) is 0 Å². The first-order chi connectivity index (χ1) is 8.67. The Morgan fingerprint density at radius 3 is 2.39 bits per heavy atom. The van der Waals surface area contributed by atoms with E-state index in [1.165, 1.54) is 16.7 Å². The molecule has 0 radical (unpaired) electrons. The lowest BCUT2D eigenvalue weighted by Gasteiger charge is -2.36. The maximum Gasteiger partial charge on any atom is 0.0852 e. The summed E-state index contributed by atoms with van der Waals surface area (Å²) in [5.41, 5.74) is 9.57. The standard InChI is InChI=1S/C15H23NO2/c1-12-4-3-5-13(2)14(12)10-18-15(11-16)6-8-17-9-7-15/h3-5H,6-11,16H2,1-2H3. The van der Waals surface area contributed by atoms with Crippen LogP contribution >= 0.6 is 0 Å². The molecule has 1 heterocycles. The van der Waals surface area contributed by atoms with Crippen LogP contribution in [0.1, 0.15) is 29.5 Å².